The standard InChI is InChI=1S/2C3H6NO.C2H4.Zn/c2*1-4(2)3-5;1-2;/h2*1-2H3;1-2H2;/q2*-1;;+2. The Morgan fingerprint density at radius 2 is 0.923 bits per heavy atom. The van der Waals surface area contributed by atoms with E-state index >= 15 is 0 Å². The van der Waals surface area contributed by atoms with Crippen molar-refractivity contribution < 1.29 is 29.1 Å². The van der Waals surface area contributed by atoms with Gasteiger partial charge in [-0.2, -0.15) is 12.8 Å². The van der Waals surface area contributed by atoms with Gasteiger partial charge in [-0.1, -0.05) is 0 Å². The molecule has 0 aliphatic rings. The first-order valence-electron chi connectivity index (χ1n) is 3.14. The van der Waals surface area contributed by atoms with Crippen molar-refractivity contribution in [3.63, 3.8) is 0 Å². The van der Waals surface area contributed by atoms with E-state index in [1.807, 2.05) is 0 Å². The fourth-order valence-electron chi connectivity index (χ4n) is 0. The molecular weight excluding hydrogens is 221 g/mol. The molecule has 0 bridgehead atoms. The Morgan fingerprint density at radius 3 is 0.923 bits per heavy atom. The molecule has 0 N–H and O–H groups in total. The third-order valence-electron chi connectivity index (χ3n) is 0.365. The molecule has 0 fully saturated rings. The van der Waals surface area contributed by atoms with Gasteiger partial charge in [-0.05, 0) is 28.2 Å². The molecule has 13 heavy (non-hydrogen) atoms. The van der Waals surface area contributed by atoms with E-state index in [4.69, 9.17) is 0 Å². The number of hydrogen-bond acceptors (Lipinski definition) is 2. The monoisotopic (exact) mass is 236 g/mol. The number of nitrogens with zero attached hydrogens (tertiary/aromatic N) is 2. The molecule has 0 rings (SSSR count). The number of amides is 2. The Morgan fingerprint density at radius 1 is 0.846 bits per heavy atom. The maximum atomic E-state index is 9.31. The van der Waals surface area contributed by atoms with E-state index in [0.717, 1.165) is 0 Å². The first kappa shape index (κ1) is 22.8. The van der Waals surface area contributed by atoms with Gasteiger partial charge in [0.2, 0.25) is 0 Å². The molecule has 0 spiro atoms. The van der Waals surface area contributed by atoms with Gasteiger partial charge in [0, 0.05) is 0 Å². The van der Waals surface area contributed by atoms with Crippen LogP contribution in [-0.4, -0.2) is 50.8 Å². The van der Waals surface area contributed by atoms with Crippen LogP contribution >= 0.6 is 0 Å². The van der Waals surface area contributed by atoms with E-state index in [-0.39, 0.29) is 19.5 Å². The zero-order chi connectivity index (χ0) is 10.6. The molecule has 0 heterocycles. The van der Waals surface area contributed by atoms with Crippen LogP contribution in [0, 0.1) is 0 Å². The van der Waals surface area contributed by atoms with Crippen LogP contribution in [0.15, 0.2) is 13.2 Å². The molecule has 0 radical (unpaired) electrons. The van der Waals surface area contributed by atoms with Gasteiger partial charge < -0.3 is 19.4 Å². The van der Waals surface area contributed by atoms with Gasteiger partial charge >= 0.3 is 19.5 Å². The Hall–Kier alpha value is -0.697. The summed E-state index contributed by atoms with van der Waals surface area (Å²) >= 11 is 0. The van der Waals surface area contributed by atoms with E-state index in [2.05, 4.69) is 13.2 Å². The average Bonchev–Trinajstić information content (AvgIpc) is 2.09. The van der Waals surface area contributed by atoms with E-state index in [9.17, 15) is 9.59 Å². The summed E-state index contributed by atoms with van der Waals surface area (Å²) in [6.45, 7) is 6.00. The molecule has 72 valence electrons. The Kier molecular flexibility index (Phi) is 39.5. The molecule has 0 aromatic rings. The van der Waals surface area contributed by atoms with Crippen molar-refractivity contribution in [3.8, 4) is 0 Å². The molecule has 0 aliphatic heterocycles. The average molecular weight is 238 g/mol. The number of carbonyl (C=O) groups excluding carboxylic acids is 2. The third-order valence-corrected chi connectivity index (χ3v) is 0.365. The summed E-state index contributed by atoms with van der Waals surface area (Å²) in [5, 5.41) is 0. The molecule has 0 saturated heterocycles. The van der Waals surface area contributed by atoms with Crippen molar-refractivity contribution in [3.05, 3.63) is 13.2 Å². The molecule has 0 saturated carbocycles. The van der Waals surface area contributed by atoms with E-state index in [1.165, 1.54) is 9.80 Å². The van der Waals surface area contributed by atoms with Crippen LogP contribution < -0.4 is 0 Å². The van der Waals surface area contributed by atoms with Crippen LogP contribution in [0.5, 0.6) is 0 Å². The summed E-state index contributed by atoms with van der Waals surface area (Å²) in [6, 6.07) is 0. The zero-order valence-corrected chi connectivity index (χ0v) is 11.8. The van der Waals surface area contributed by atoms with Gasteiger partial charge in [0.25, 0.3) is 0 Å². The summed E-state index contributed by atoms with van der Waals surface area (Å²) in [5.41, 5.74) is 0. The molecule has 2 amide bonds. The van der Waals surface area contributed by atoms with E-state index in [0.29, 0.717) is 0 Å². The largest absolute Gasteiger partial charge is 2.00 e. The topological polar surface area (TPSA) is 40.6 Å². The summed E-state index contributed by atoms with van der Waals surface area (Å²) in [5.74, 6) is 0. The summed E-state index contributed by atoms with van der Waals surface area (Å²) in [4.78, 5) is 21.2. The number of rotatable bonds is 2. The quantitative estimate of drug-likeness (QED) is 0.294. The van der Waals surface area contributed by atoms with Crippen LogP contribution in [0.25, 0.3) is 0 Å². The predicted molar refractivity (Wildman–Crippen MR) is 50.0 cm³/mol. The van der Waals surface area contributed by atoms with Crippen LogP contribution in [0.1, 0.15) is 0 Å². The second kappa shape index (κ2) is 22.5. The Bertz CT molecular complexity index is 96.3. The summed E-state index contributed by atoms with van der Waals surface area (Å²) in [6.07, 6.45) is 3.22. The smallest absolute Gasteiger partial charge is 0.522 e. The fourth-order valence-corrected chi connectivity index (χ4v) is 0. The molecule has 0 atom stereocenters. The van der Waals surface area contributed by atoms with Crippen LogP contribution in [0.4, 0.5) is 0 Å². The van der Waals surface area contributed by atoms with Gasteiger partial charge in [0.05, 0.1) is 0 Å². The maximum absolute atomic E-state index is 9.31. The Labute approximate surface area is 93.3 Å². The van der Waals surface area contributed by atoms with Gasteiger partial charge in [-0.25, -0.2) is 0 Å². The maximum Gasteiger partial charge on any atom is 2.00 e. The summed E-state index contributed by atoms with van der Waals surface area (Å²) < 4.78 is 0. The van der Waals surface area contributed by atoms with Gasteiger partial charge in [-0.15, -0.1) is 13.2 Å². The van der Waals surface area contributed by atoms with Crippen LogP contribution in [-0.2, 0) is 29.1 Å². The SMILES string of the molecule is C=C.CN(C)[C-]=O.CN(C)[C-]=O.[Zn+2]. The van der Waals surface area contributed by atoms with Crippen molar-refractivity contribution in [1.29, 1.82) is 0 Å². The van der Waals surface area contributed by atoms with Crippen molar-refractivity contribution in [2.24, 2.45) is 0 Å². The summed E-state index contributed by atoms with van der Waals surface area (Å²) in [7, 11) is 6.53. The number of hydrogen-bond donors (Lipinski definition) is 0. The first-order chi connectivity index (χ1) is 5.54. The van der Waals surface area contributed by atoms with Gasteiger partial charge in [0.1, 0.15) is 0 Å². The van der Waals surface area contributed by atoms with Crippen LogP contribution in [0.3, 0.4) is 0 Å². The van der Waals surface area contributed by atoms with Crippen molar-refractivity contribution in [2.45, 2.75) is 0 Å². The first-order valence-corrected chi connectivity index (χ1v) is 3.14. The van der Waals surface area contributed by atoms with Crippen molar-refractivity contribution in [1.82, 2.24) is 9.80 Å². The van der Waals surface area contributed by atoms with E-state index in [1.54, 1.807) is 41.0 Å². The molecule has 0 aromatic heterocycles. The van der Waals surface area contributed by atoms with Gasteiger partial charge in [-0.3, -0.25) is 0 Å². The fraction of sp³-hybridized carbons (Fsp3) is 0.500. The van der Waals surface area contributed by atoms with E-state index < -0.39 is 0 Å². The van der Waals surface area contributed by atoms with Crippen LogP contribution in [0.2, 0.25) is 0 Å². The normalized spacial score (nSPS) is 5.54. The molecule has 0 aliphatic carbocycles. The minimum Gasteiger partial charge on any atom is -0.522 e. The van der Waals surface area contributed by atoms with Gasteiger partial charge in [0.15, 0.2) is 0 Å². The second-order valence-corrected chi connectivity index (χ2v) is 1.97. The molecule has 5 heteroatoms. The van der Waals surface area contributed by atoms with Crippen molar-refractivity contribution >= 4 is 12.8 Å². The van der Waals surface area contributed by atoms with Crippen molar-refractivity contribution in [2.75, 3.05) is 28.2 Å². The zero-order valence-electron chi connectivity index (χ0n) is 8.83. The molecule has 0 aromatic carbocycles. The minimum atomic E-state index is 0. The predicted octanol–water partition coefficient (Wildman–Crippen LogP) is 0.0301. The minimum absolute atomic E-state index is 0. The Balaban J connectivity index is -0.0000000491. The molecule has 0 unspecified atom stereocenters. The molecule has 4 nitrogen and oxygen atoms in total. The second-order valence-electron chi connectivity index (χ2n) is 1.97. The molecular formula is C8H16N2O2Zn. The third kappa shape index (κ3) is 89.7.